The molecule has 1 aliphatic heterocycles. The Morgan fingerprint density at radius 1 is 1.35 bits per heavy atom. The van der Waals surface area contributed by atoms with Crippen molar-refractivity contribution in [1.82, 2.24) is 9.88 Å². The van der Waals surface area contributed by atoms with Crippen LogP contribution < -0.4 is 0 Å². The second-order valence-corrected chi connectivity index (χ2v) is 6.39. The molecule has 1 saturated heterocycles. The molecule has 4 rings (SSSR count). The molecular formula is C17H22N2O. The highest BCUT2D eigenvalue weighted by Crippen LogP contribution is 2.53. The minimum absolute atomic E-state index is 0.327. The fourth-order valence-electron chi connectivity index (χ4n) is 4.57. The Morgan fingerprint density at radius 2 is 2.15 bits per heavy atom. The van der Waals surface area contributed by atoms with E-state index in [2.05, 4.69) is 48.1 Å². The van der Waals surface area contributed by atoms with Gasteiger partial charge in [-0.3, -0.25) is 4.90 Å². The number of fused-ring (bicyclic) bond motifs is 6. The Kier molecular flexibility index (Phi) is 2.69. The molecule has 2 bridgehead atoms. The molecule has 1 aromatic heterocycles. The van der Waals surface area contributed by atoms with Crippen molar-refractivity contribution in [2.45, 2.75) is 31.9 Å². The first kappa shape index (κ1) is 12.4. The number of H-pyrrole nitrogens is 1. The van der Waals surface area contributed by atoms with Crippen molar-refractivity contribution in [2.24, 2.45) is 11.8 Å². The van der Waals surface area contributed by atoms with Gasteiger partial charge in [0.1, 0.15) is 0 Å². The van der Waals surface area contributed by atoms with Crippen LogP contribution in [0.1, 0.15) is 43.2 Å². The maximum Gasteiger partial charge on any atom is 0.0973 e. The summed E-state index contributed by atoms with van der Waals surface area (Å²) in [6.45, 7) is 3.35. The maximum absolute atomic E-state index is 10.8. The lowest BCUT2D eigenvalue weighted by molar-refractivity contribution is -0.0322. The van der Waals surface area contributed by atoms with E-state index in [0.29, 0.717) is 17.9 Å². The first-order valence-corrected chi connectivity index (χ1v) is 7.71. The Morgan fingerprint density at radius 3 is 2.95 bits per heavy atom. The van der Waals surface area contributed by atoms with Gasteiger partial charge in [0, 0.05) is 22.5 Å². The molecule has 1 aliphatic carbocycles. The lowest BCUT2D eigenvalue weighted by atomic mass is 9.67. The van der Waals surface area contributed by atoms with Crippen LogP contribution in [0.25, 0.3) is 10.9 Å². The fraction of sp³-hybridized carbons (Fsp3) is 0.529. The summed E-state index contributed by atoms with van der Waals surface area (Å²) in [5.74, 6) is 0.970. The maximum atomic E-state index is 10.8. The number of aliphatic hydroxyl groups is 1. The molecule has 0 amide bonds. The van der Waals surface area contributed by atoms with E-state index >= 15 is 0 Å². The molecule has 3 heteroatoms. The largest absolute Gasteiger partial charge is 0.387 e. The minimum Gasteiger partial charge on any atom is -0.387 e. The number of benzene rings is 1. The number of hydrogen-bond acceptors (Lipinski definition) is 2. The van der Waals surface area contributed by atoms with E-state index in [1.165, 1.54) is 10.9 Å². The van der Waals surface area contributed by atoms with Crippen molar-refractivity contribution in [3.05, 3.63) is 35.5 Å². The van der Waals surface area contributed by atoms with Gasteiger partial charge in [0.2, 0.25) is 0 Å². The van der Waals surface area contributed by atoms with Crippen LogP contribution in [0.15, 0.2) is 24.3 Å². The summed E-state index contributed by atoms with van der Waals surface area (Å²) >= 11 is 0. The van der Waals surface area contributed by atoms with Crippen LogP contribution >= 0.6 is 0 Å². The summed E-state index contributed by atoms with van der Waals surface area (Å²) in [6, 6.07) is 8.91. The average Bonchev–Trinajstić information content (AvgIpc) is 2.85. The standard InChI is InChI=1S/C17H22N2O/c1-3-10-11-8-9-19(2)16(10)14-12-6-4-5-7-13(12)18-15(14)17(11)20/h4-7,10-11,16-18,20H,3,8-9H2,1-2H3/t10?,11-,16+,17?/m0/s1. The van der Waals surface area contributed by atoms with Crippen molar-refractivity contribution >= 4 is 10.9 Å². The van der Waals surface area contributed by atoms with Gasteiger partial charge < -0.3 is 10.1 Å². The number of aromatic nitrogens is 1. The summed E-state index contributed by atoms with van der Waals surface area (Å²) in [5.41, 5.74) is 3.57. The van der Waals surface area contributed by atoms with Crippen molar-refractivity contribution in [1.29, 1.82) is 0 Å². The first-order valence-electron chi connectivity index (χ1n) is 7.71. The molecule has 0 radical (unpaired) electrons. The quantitative estimate of drug-likeness (QED) is 0.835. The Labute approximate surface area is 119 Å². The van der Waals surface area contributed by atoms with E-state index in [-0.39, 0.29) is 6.10 Å². The molecule has 0 spiro atoms. The van der Waals surface area contributed by atoms with Crippen LogP contribution in [0.3, 0.4) is 0 Å². The number of aromatic amines is 1. The minimum atomic E-state index is -0.327. The van der Waals surface area contributed by atoms with E-state index < -0.39 is 0 Å². The van der Waals surface area contributed by atoms with E-state index in [4.69, 9.17) is 0 Å². The van der Waals surface area contributed by atoms with Crippen molar-refractivity contribution in [3.8, 4) is 0 Å². The van der Waals surface area contributed by atoms with Gasteiger partial charge in [-0.15, -0.1) is 0 Å². The average molecular weight is 270 g/mol. The van der Waals surface area contributed by atoms with Gasteiger partial charge in [0.25, 0.3) is 0 Å². The molecule has 2 N–H and O–H groups in total. The van der Waals surface area contributed by atoms with Crippen LogP contribution in [0, 0.1) is 11.8 Å². The highest BCUT2D eigenvalue weighted by Gasteiger charge is 2.47. The van der Waals surface area contributed by atoms with E-state index in [0.717, 1.165) is 30.6 Å². The van der Waals surface area contributed by atoms with Gasteiger partial charge in [0.15, 0.2) is 0 Å². The predicted octanol–water partition coefficient (Wildman–Crippen LogP) is 3.23. The van der Waals surface area contributed by atoms with Crippen LogP contribution in [-0.4, -0.2) is 28.6 Å². The normalized spacial score (nSPS) is 33.4. The lowest BCUT2D eigenvalue weighted by Gasteiger charge is -2.49. The molecule has 20 heavy (non-hydrogen) atoms. The second-order valence-electron chi connectivity index (χ2n) is 6.39. The zero-order valence-electron chi connectivity index (χ0n) is 12.1. The van der Waals surface area contributed by atoms with Crippen molar-refractivity contribution in [2.75, 3.05) is 13.6 Å². The van der Waals surface area contributed by atoms with Crippen LogP contribution in [-0.2, 0) is 0 Å². The number of aliphatic hydroxyl groups excluding tert-OH is 1. The summed E-state index contributed by atoms with van der Waals surface area (Å²) in [7, 11) is 2.23. The molecule has 3 nitrogen and oxygen atoms in total. The van der Waals surface area contributed by atoms with Crippen LogP contribution in [0.5, 0.6) is 0 Å². The summed E-state index contributed by atoms with van der Waals surface area (Å²) in [4.78, 5) is 5.96. The van der Waals surface area contributed by atoms with Gasteiger partial charge in [-0.05, 0) is 37.9 Å². The van der Waals surface area contributed by atoms with E-state index in [9.17, 15) is 5.11 Å². The van der Waals surface area contributed by atoms with Gasteiger partial charge in [-0.25, -0.2) is 0 Å². The van der Waals surface area contributed by atoms with Crippen LogP contribution in [0.2, 0.25) is 0 Å². The lowest BCUT2D eigenvalue weighted by Crippen LogP contribution is -2.46. The zero-order valence-corrected chi connectivity index (χ0v) is 12.1. The third-order valence-corrected chi connectivity index (χ3v) is 5.49. The topological polar surface area (TPSA) is 39.3 Å². The SMILES string of the molecule is CCC1[C@@H]2CCN(C)[C@H]1c1c([nH]c3ccccc13)C2O. The number of piperidine rings is 1. The molecule has 2 aromatic rings. The third kappa shape index (κ3) is 1.48. The monoisotopic (exact) mass is 270 g/mol. The fourth-order valence-corrected chi connectivity index (χ4v) is 4.57. The molecule has 1 fully saturated rings. The number of nitrogens with zero attached hydrogens (tertiary/aromatic N) is 1. The Hall–Kier alpha value is -1.32. The second kappa shape index (κ2) is 4.34. The first-order chi connectivity index (χ1) is 9.72. The highest BCUT2D eigenvalue weighted by molar-refractivity contribution is 5.85. The van der Waals surface area contributed by atoms with Crippen molar-refractivity contribution < 1.29 is 5.11 Å². The molecule has 106 valence electrons. The smallest absolute Gasteiger partial charge is 0.0973 e. The summed E-state index contributed by atoms with van der Waals surface area (Å²) < 4.78 is 0. The molecule has 2 heterocycles. The number of para-hydroxylation sites is 1. The number of rotatable bonds is 1. The molecular weight excluding hydrogens is 248 g/mol. The molecule has 4 atom stereocenters. The Bertz CT molecular complexity index is 647. The van der Waals surface area contributed by atoms with Gasteiger partial charge in [0.05, 0.1) is 11.8 Å². The number of likely N-dealkylation sites (tertiary alicyclic amines) is 1. The van der Waals surface area contributed by atoms with Gasteiger partial charge in [-0.1, -0.05) is 31.5 Å². The van der Waals surface area contributed by atoms with Crippen molar-refractivity contribution in [3.63, 3.8) is 0 Å². The number of hydrogen-bond donors (Lipinski definition) is 2. The number of nitrogens with one attached hydrogen (secondary N) is 1. The Balaban J connectivity index is 2.00. The highest BCUT2D eigenvalue weighted by atomic mass is 16.3. The van der Waals surface area contributed by atoms with Gasteiger partial charge in [-0.2, -0.15) is 0 Å². The summed E-state index contributed by atoms with van der Waals surface area (Å²) in [5, 5.41) is 12.1. The molecule has 0 saturated carbocycles. The molecule has 2 unspecified atom stereocenters. The summed E-state index contributed by atoms with van der Waals surface area (Å²) in [6.07, 6.45) is 1.91. The van der Waals surface area contributed by atoms with E-state index in [1.807, 2.05) is 0 Å². The molecule has 2 aliphatic rings. The van der Waals surface area contributed by atoms with E-state index in [1.54, 1.807) is 0 Å². The van der Waals surface area contributed by atoms with Gasteiger partial charge >= 0.3 is 0 Å². The third-order valence-electron chi connectivity index (χ3n) is 5.49. The zero-order chi connectivity index (χ0) is 13.9. The van der Waals surface area contributed by atoms with Crippen LogP contribution in [0.4, 0.5) is 0 Å². The molecule has 1 aromatic carbocycles. The predicted molar refractivity (Wildman–Crippen MR) is 80.5 cm³/mol.